The molecule has 2 fully saturated rings. The van der Waals surface area contributed by atoms with Crippen LogP contribution in [0.1, 0.15) is 33.1 Å². The molecule has 0 spiro atoms. The number of rotatable bonds is 9. The SMILES string of the molecule is CCC(CC)OC1CC(CO)C(OC2OC(CO)C(OC)C(O)C2O)C(O)C1O. The van der Waals surface area contributed by atoms with Gasteiger partial charge in [-0.15, -0.1) is 0 Å². The molecule has 2 aliphatic rings. The van der Waals surface area contributed by atoms with Crippen LogP contribution in [-0.4, -0.2) is 112 Å². The molecule has 0 radical (unpaired) electrons. The van der Waals surface area contributed by atoms with Crippen molar-refractivity contribution in [2.24, 2.45) is 5.92 Å². The molecule has 10 heteroatoms. The summed E-state index contributed by atoms with van der Waals surface area (Å²) in [5.41, 5.74) is 0. The summed E-state index contributed by atoms with van der Waals surface area (Å²) in [5, 5.41) is 61.0. The Kier molecular flexibility index (Phi) is 9.68. The van der Waals surface area contributed by atoms with E-state index in [2.05, 4.69) is 0 Å². The number of ether oxygens (including phenoxy) is 4. The minimum absolute atomic E-state index is 0.0754. The van der Waals surface area contributed by atoms with Gasteiger partial charge in [0.1, 0.15) is 36.6 Å². The maximum atomic E-state index is 10.6. The summed E-state index contributed by atoms with van der Waals surface area (Å²) in [6.45, 7) is 3.11. The zero-order chi connectivity index (χ0) is 21.7. The van der Waals surface area contributed by atoms with E-state index in [1.165, 1.54) is 7.11 Å². The van der Waals surface area contributed by atoms with E-state index in [1.54, 1.807) is 0 Å². The van der Waals surface area contributed by atoms with E-state index >= 15 is 0 Å². The lowest BCUT2D eigenvalue weighted by Crippen LogP contribution is -2.63. The summed E-state index contributed by atoms with van der Waals surface area (Å²) < 4.78 is 22.2. The average molecular weight is 424 g/mol. The van der Waals surface area contributed by atoms with Crippen LogP contribution in [0, 0.1) is 5.92 Å². The number of hydrogen-bond acceptors (Lipinski definition) is 10. The maximum absolute atomic E-state index is 10.6. The molecule has 1 saturated carbocycles. The van der Waals surface area contributed by atoms with Crippen molar-refractivity contribution in [1.82, 2.24) is 0 Å². The Labute approximate surface area is 171 Å². The predicted octanol–water partition coefficient (Wildman–Crippen LogP) is -1.87. The smallest absolute Gasteiger partial charge is 0.187 e. The zero-order valence-electron chi connectivity index (χ0n) is 17.2. The number of methoxy groups -OCH3 is 1. The summed E-state index contributed by atoms with van der Waals surface area (Å²) in [5.74, 6) is -0.589. The normalized spacial score (nSPS) is 43.7. The first-order valence-electron chi connectivity index (χ1n) is 10.3. The van der Waals surface area contributed by atoms with E-state index in [9.17, 15) is 30.6 Å². The highest BCUT2D eigenvalue weighted by atomic mass is 16.7. The molecule has 0 bridgehead atoms. The van der Waals surface area contributed by atoms with Gasteiger partial charge in [-0.2, -0.15) is 0 Å². The van der Waals surface area contributed by atoms with Gasteiger partial charge in [-0.1, -0.05) is 13.8 Å². The number of aliphatic hydroxyl groups is 6. The van der Waals surface area contributed by atoms with Gasteiger partial charge in [-0.3, -0.25) is 0 Å². The molecule has 2 rings (SSSR count). The molecule has 1 heterocycles. The van der Waals surface area contributed by atoms with Crippen LogP contribution in [0.5, 0.6) is 0 Å². The van der Waals surface area contributed by atoms with E-state index in [4.69, 9.17) is 18.9 Å². The van der Waals surface area contributed by atoms with Crippen LogP contribution in [0.15, 0.2) is 0 Å². The van der Waals surface area contributed by atoms with Gasteiger partial charge < -0.3 is 49.6 Å². The Morgan fingerprint density at radius 2 is 1.52 bits per heavy atom. The summed E-state index contributed by atoms with van der Waals surface area (Å²) in [7, 11) is 1.32. The lowest BCUT2D eigenvalue weighted by molar-refractivity contribution is -0.333. The molecule has 10 unspecified atom stereocenters. The molecule has 1 aliphatic carbocycles. The van der Waals surface area contributed by atoms with E-state index in [1.807, 2.05) is 13.8 Å². The van der Waals surface area contributed by atoms with Crippen LogP contribution in [-0.2, 0) is 18.9 Å². The standard InChI is InChI=1S/C19H36O10/c1-4-10(5-2)27-11-6-9(7-20)17(14(23)13(11)22)29-19-16(25)15(24)18(26-3)12(8-21)28-19/h9-25H,4-8H2,1-3H3. The van der Waals surface area contributed by atoms with Crippen molar-refractivity contribution in [2.45, 2.75) is 94.3 Å². The Hall–Kier alpha value is -0.400. The van der Waals surface area contributed by atoms with Crippen molar-refractivity contribution < 1.29 is 49.6 Å². The lowest BCUT2D eigenvalue weighted by Gasteiger charge is -2.47. The second kappa shape index (κ2) is 11.3. The van der Waals surface area contributed by atoms with E-state index in [0.29, 0.717) is 0 Å². The molecular formula is C19H36O10. The van der Waals surface area contributed by atoms with Crippen LogP contribution >= 0.6 is 0 Å². The van der Waals surface area contributed by atoms with E-state index in [0.717, 1.165) is 12.8 Å². The summed E-state index contributed by atoms with van der Waals surface area (Å²) in [4.78, 5) is 0. The second-order valence-corrected chi connectivity index (χ2v) is 7.78. The first kappa shape index (κ1) is 24.9. The number of hydrogen-bond donors (Lipinski definition) is 6. The Balaban J connectivity index is 2.11. The fourth-order valence-corrected chi connectivity index (χ4v) is 4.11. The van der Waals surface area contributed by atoms with E-state index in [-0.39, 0.29) is 19.1 Å². The molecule has 29 heavy (non-hydrogen) atoms. The van der Waals surface area contributed by atoms with Gasteiger partial charge in [0.2, 0.25) is 0 Å². The third-order valence-corrected chi connectivity index (χ3v) is 5.96. The first-order chi connectivity index (χ1) is 13.8. The van der Waals surface area contributed by atoms with Crippen LogP contribution in [0.2, 0.25) is 0 Å². The first-order valence-corrected chi connectivity index (χ1v) is 10.3. The highest BCUT2D eigenvalue weighted by molar-refractivity contribution is 4.96. The van der Waals surface area contributed by atoms with Crippen molar-refractivity contribution in [2.75, 3.05) is 20.3 Å². The molecule has 0 aromatic heterocycles. The van der Waals surface area contributed by atoms with Crippen LogP contribution in [0.3, 0.4) is 0 Å². The maximum Gasteiger partial charge on any atom is 0.187 e. The second-order valence-electron chi connectivity index (χ2n) is 7.78. The molecule has 1 saturated heterocycles. The molecule has 172 valence electrons. The predicted molar refractivity (Wildman–Crippen MR) is 99.9 cm³/mol. The monoisotopic (exact) mass is 424 g/mol. The quantitative estimate of drug-likeness (QED) is 0.248. The van der Waals surface area contributed by atoms with Crippen molar-refractivity contribution in [3.63, 3.8) is 0 Å². The van der Waals surface area contributed by atoms with Crippen molar-refractivity contribution in [1.29, 1.82) is 0 Å². The molecule has 0 amide bonds. The van der Waals surface area contributed by atoms with Gasteiger partial charge in [0.25, 0.3) is 0 Å². The molecule has 10 atom stereocenters. The summed E-state index contributed by atoms with van der Waals surface area (Å²) in [6.07, 6.45) is -8.91. The van der Waals surface area contributed by atoms with Crippen LogP contribution in [0.4, 0.5) is 0 Å². The van der Waals surface area contributed by atoms with Gasteiger partial charge >= 0.3 is 0 Å². The Morgan fingerprint density at radius 1 is 0.897 bits per heavy atom. The third-order valence-electron chi connectivity index (χ3n) is 5.96. The van der Waals surface area contributed by atoms with Gasteiger partial charge in [0.15, 0.2) is 6.29 Å². The third kappa shape index (κ3) is 5.45. The average Bonchev–Trinajstić information content (AvgIpc) is 2.73. The number of aliphatic hydroxyl groups excluding tert-OH is 6. The van der Waals surface area contributed by atoms with Crippen molar-refractivity contribution >= 4 is 0 Å². The minimum Gasteiger partial charge on any atom is -0.396 e. The van der Waals surface area contributed by atoms with Crippen molar-refractivity contribution in [3.8, 4) is 0 Å². The minimum atomic E-state index is -1.51. The fourth-order valence-electron chi connectivity index (χ4n) is 4.11. The fraction of sp³-hybridized carbons (Fsp3) is 1.00. The van der Waals surface area contributed by atoms with Gasteiger partial charge in [-0.25, -0.2) is 0 Å². The van der Waals surface area contributed by atoms with Crippen molar-refractivity contribution in [3.05, 3.63) is 0 Å². The van der Waals surface area contributed by atoms with Gasteiger partial charge in [0.05, 0.1) is 24.9 Å². The summed E-state index contributed by atoms with van der Waals surface area (Å²) >= 11 is 0. The molecule has 0 aromatic carbocycles. The molecule has 6 N–H and O–H groups in total. The highest BCUT2D eigenvalue weighted by Crippen LogP contribution is 2.34. The van der Waals surface area contributed by atoms with Crippen LogP contribution < -0.4 is 0 Å². The summed E-state index contributed by atoms with van der Waals surface area (Å²) in [6, 6.07) is 0. The molecular weight excluding hydrogens is 388 g/mol. The largest absolute Gasteiger partial charge is 0.396 e. The van der Waals surface area contributed by atoms with Crippen LogP contribution in [0.25, 0.3) is 0 Å². The molecule has 0 aromatic rings. The van der Waals surface area contributed by atoms with E-state index < -0.39 is 67.6 Å². The van der Waals surface area contributed by atoms with Gasteiger partial charge in [0, 0.05) is 19.6 Å². The zero-order valence-corrected chi connectivity index (χ0v) is 17.2. The lowest BCUT2D eigenvalue weighted by atomic mass is 9.80. The topological polar surface area (TPSA) is 158 Å². The Morgan fingerprint density at radius 3 is 2.03 bits per heavy atom. The highest BCUT2D eigenvalue weighted by Gasteiger charge is 2.50. The Bertz CT molecular complexity index is 472. The molecule has 10 nitrogen and oxygen atoms in total. The van der Waals surface area contributed by atoms with Gasteiger partial charge in [-0.05, 0) is 19.3 Å². The molecule has 1 aliphatic heterocycles.